The van der Waals surface area contributed by atoms with E-state index in [9.17, 15) is 19.2 Å². The summed E-state index contributed by atoms with van der Waals surface area (Å²) in [5.41, 5.74) is 0.288. The first-order chi connectivity index (χ1) is 31.1. The molecular formula is C50H78N4O12Si2. The molecule has 4 amide bonds. The van der Waals surface area contributed by atoms with Crippen molar-refractivity contribution in [3.05, 3.63) is 59.7 Å². The molecule has 2 aromatic carbocycles. The Morgan fingerprint density at radius 2 is 0.897 bits per heavy atom. The van der Waals surface area contributed by atoms with Gasteiger partial charge in [0.25, 0.3) is 11.8 Å². The molecule has 4 rings (SSSR count). The Morgan fingerprint density at radius 1 is 0.574 bits per heavy atom. The number of rotatable bonds is 15. The van der Waals surface area contributed by atoms with Gasteiger partial charge in [-0.15, -0.1) is 0 Å². The van der Waals surface area contributed by atoms with E-state index in [1.807, 2.05) is 0 Å². The second kappa shape index (κ2) is 20.9. The number of likely N-dealkylation sites (tertiary alicyclic amines) is 2. The Balaban J connectivity index is 1.76. The van der Waals surface area contributed by atoms with Crippen LogP contribution >= 0.6 is 0 Å². The molecule has 16 nitrogen and oxygen atoms in total. The predicted molar refractivity (Wildman–Crippen MR) is 270 cm³/mol. The van der Waals surface area contributed by atoms with E-state index < -0.39 is 51.8 Å². The molecule has 0 aromatic heterocycles. The van der Waals surface area contributed by atoms with Gasteiger partial charge in [-0.25, -0.2) is 9.59 Å². The number of anilines is 2. The van der Waals surface area contributed by atoms with E-state index in [4.69, 9.17) is 37.6 Å². The van der Waals surface area contributed by atoms with Crippen LogP contribution in [0.5, 0.6) is 23.0 Å². The number of carbonyl (C=O) groups excluding carboxylic acids is 4. The zero-order valence-corrected chi connectivity index (χ0v) is 45.9. The smallest absolute Gasteiger partial charge is 0.412 e. The number of carbonyl (C=O) groups is 4. The summed E-state index contributed by atoms with van der Waals surface area (Å²) in [6.07, 6.45) is -0.528. The van der Waals surface area contributed by atoms with Crippen LogP contribution in [0.2, 0.25) is 36.3 Å². The molecule has 18 heteroatoms. The summed E-state index contributed by atoms with van der Waals surface area (Å²) >= 11 is 0. The van der Waals surface area contributed by atoms with Crippen molar-refractivity contribution in [2.45, 2.75) is 155 Å². The van der Waals surface area contributed by atoms with Crippen LogP contribution in [0, 0.1) is 0 Å². The molecule has 2 aliphatic heterocycles. The standard InChI is InChI=1S/C50H78N4O12Si2/c1-31-21-33(29-61-67(17,18)49(9,10)11)53(27-31)43(55)35-23-39(59-15)41(25-37(35)51-45(57)63-47(3,4)5)65-66-42-26-38(52-46(58)64-48(6,7)8)36(24-40(42)60-16)44(56)54-28-32(2)22-34(54)30-62-68(19,20)50(12,13)14/h23-26,33-34H,1-2,21-22,27-30H2,3-20H3,(H,51,57)(H,52,58)/t33-,34-/m0/s1. The van der Waals surface area contributed by atoms with Gasteiger partial charge < -0.3 is 37.6 Å². The summed E-state index contributed by atoms with van der Waals surface area (Å²) in [5.74, 6) is -0.758. The lowest BCUT2D eigenvalue weighted by Crippen LogP contribution is -2.46. The first-order valence-electron chi connectivity index (χ1n) is 23.1. The van der Waals surface area contributed by atoms with Crippen molar-refractivity contribution >= 4 is 52.0 Å². The third kappa shape index (κ3) is 14.3. The number of amides is 4. The molecule has 0 radical (unpaired) electrons. The molecule has 2 saturated heterocycles. The first kappa shape index (κ1) is 55.5. The minimum atomic E-state index is -2.17. The Labute approximate surface area is 406 Å². The maximum Gasteiger partial charge on any atom is 0.412 e. The molecule has 0 bridgehead atoms. The van der Waals surface area contributed by atoms with Crippen LogP contribution in [0.4, 0.5) is 21.0 Å². The summed E-state index contributed by atoms with van der Waals surface area (Å²) in [6.45, 7) is 41.5. The minimum absolute atomic E-state index is 0.0412. The van der Waals surface area contributed by atoms with Crippen LogP contribution in [-0.4, -0.2) is 114 Å². The van der Waals surface area contributed by atoms with E-state index in [0.29, 0.717) is 26.1 Å². The lowest BCUT2D eigenvalue weighted by molar-refractivity contribution is -0.103. The number of methoxy groups -OCH3 is 2. The van der Waals surface area contributed by atoms with Crippen LogP contribution in [0.15, 0.2) is 48.6 Å². The molecule has 2 heterocycles. The number of hydrogen-bond donors (Lipinski definition) is 2. The molecule has 378 valence electrons. The highest BCUT2D eigenvalue weighted by Gasteiger charge is 2.42. The average molecular weight is 983 g/mol. The van der Waals surface area contributed by atoms with Crippen molar-refractivity contribution in [2.24, 2.45) is 0 Å². The van der Waals surface area contributed by atoms with Crippen LogP contribution in [0.25, 0.3) is 0 Å². The summed E-state index contributed by atoms with van der Waals surface area (Å²) < 4.78 is 35.8. The first-order valence-corrected chi connectivity index (χ1v) is 28.9. The average Bonchev–Trinajstić information content (AvgIpc) is 3.76. The van der Waals surface area contributed by atoms with Crippen molar-refractivity contribution in [3.63, 3.8) is 0 Å². The predicted octanol–water partition coefficient (Wildman–Crippen LogP) is 11.4. The van der Waals surface area contributed by atoms with E-state index in [1.54, 1.807) is 51.3 Å². The third-order valence-electron chi connectivity index (χ3n) is 12.7. The van der Waals surface area contributed by atoms with Gasteiger partial charge in [-0.05, 0) is 103 Å². The Kier molecular flexibility index (Phi) is 17.1. The maximum absolute atomic E-state index is 14.6. The van der Waals surface area contributed by atoms with Gasteiger partial charge in [0.1, 0.15) is 11.2 Å². The molecule has 2 fully saturated rings. The normalized spacial score (nSPS) is 17.2. The number of ether oxygens (including phenoxy) is 4. The molecule has 2 N–H and O–H groups in total. The molecule has 2 atom stereocenters. The van der Waals surface area contributed by atoms with Crippen molar-refractivity contribution < 1.29 is 56.8 Å². The van der Waals surface area contributed by atoms with Gasteiger partial charge in [-0.2, -0.15) is 0 Å². The SMILES string of the molecule is C=C1C[C@@H](CO[Si](C)(C)C(C)(C)C)N(C(=O)c2cc(OC)c(OOc3cc(NC(=O)OC(C)(C)C)c(C(=O)N4CC(=C)C[C@H]4CO[Si](C)(C)C(C)(C)C)cc3OC)cc2NC(=O)OC(C)(C)C)C1. The molecule has 0 aliphatic carbocycles. The van der Waals surface area contributed by atoms with Crippen LogP contribution in [0.3, 0.4) is 0 Å². The molecule has 2 aliphatic rings. The topological polar surface area (TPSA) is 173 Å². The molecule has 0 spiro atoms. The Morgan fingerprint density at radius 3 is 1.18 bits per heavy atom. The highest BCUT2D eigenvalue weighted by Crippen LogP contribution is 2.42. The molecule has 0 unspecified atom stereocenters. The van der Waals surface area contributed by atoms with Gasteiger partial charge in [0.05, 0.1) is 62.0 Å². The second-order valence-electron chi connectivity index (χ2n) is 22.7. The number of nitrogens with zero attached hydrogens (tertiary/aromatic N) is 2. The van der Waals surface area contributed by atoms with Gasteiger partial charge in [-0.1, -0.05) is 65.8 Å². The quantitative estimate of drug-likeness (QED) is 0.0750. The number of nitrogens with one attached hydrogen (secondary N) is 2. The zero-order valence-electron chi connectivity index (χ0n) is 43.9. The zero-order chi connectivity index (χ0) is 51.5. The summed E-state index contributed by atoms with van der Waals surface area (Å²) in [7, 11) is -1.55. The van der Waals surface area contributed by atoms with Crippen LogP contribution in [-0.2, 0) is 18.3 Å². The fraction of sp³-hybridized carbons (Fsp3) is 0.600. The second-order valence-corrected chi connectivity index (χ2v) is 32.4. The molecule has 0 saturated carbocycles. The van der Waals surface area contributed by atoms with E-state index >= 15 is 0 Å². The Hall–Kier alpha value is -5.05. The fourth-order valence-electron chi connectivity index (χ4n) is 6.93. The number of hydrogen-bond acceptors (Lipinski definition) is 12. The van der Waals surface area contributed by atoms with Gasteiger partial charge in [0.15, 0.2) is 28.1 Å². The van der Waals surface area contributed by atoms with Crippen molar-refractivity contribution in [2.75, 3.05) is 51.2 Å². The minimum Gasteiger partial charge on any atom is -0.493 e. The van der Waals surface area contributed by atoms with Gasteiger partial charge in [-0.3, -0.25) is 30.0 Å². The maximum atomic E-state index is 14.6. The van der Waals surface area contributed by atoms with Gasteiger partial charge in [0.2, 0.25) is 11.5 Å². The van der Waals surface area contributed by atoms with Crippen molar-refractivity contribution in [1.82, 2.24) is 9.80 Å². The van der Waals surface area contributed by atoms with E-state index in [0.717, 1.165) is 11.1 Å². The van der Waals surface area contributed by atoms with E-state index in [-0.39, 0.29) is 80.7 Å². The largest absolute Gasteiger partial charge is 0.493 e. The molecule has 2 aromatic rings. The van der Waals surface area contributed by atoms with Crippen LogP contribution < -0.4 is 29.9 Å². The highest BCUT2D eigenvalue weighted by molar-refractivity contribution is 6.74. The van der Waals surface area contributed by atoms with Crippen molar-refractivity contribution in [1.29, 1.82) is 0 Å². The monoisotopic (exact) mass is 983 g/mol. The van der Waals surface area contributed by atoms with E-state index in [1.165, 1.54) is 38.5 Å². The van der Waals surface area contributed by atoms with E-state index in [2.05, 4.69) is 91.5 Å². The fourth-order valence-corrected chi connectivity index (χ4v) is 9.01. The summed E-state index contributed by atoms with van der Waals surface area (Å²) in [6, 6.07) is 5.06. The summed E-state index contributed by atoms with van der Waals surface area (Å²) in [5, 5.41) is 5.37. The Bertz CT molecular complexity index is 2080. The molecular weight excluding hydrogens is 905 g/mol. The highest BCUT2D eigenvalue weighted by atomic mass is 28.4. The lowest BCUT2D eigenvalue weighted by Gasteiger charge is -2.38. The lowest BCUT2D eigenvalue weighted by atomic mass is 10.1. The van der Waals surface area contributed by atoms with Crippen molar-refractivity contribution in [3.8, 4) is 23.0 Å². The summed E-state index contributed by atoms with van der Waals surface area (Å²) in [4.78, 5) is 71.2. The number of benzene rings is 2. The van der Waals surface area contributed by atoms with Gasteiger partial charge >= 0.3 is 12.2 Å². The van der Waals surface area contributed by atoms with Crippen LogP contribution in [0.1, 0.15) is 117 Å². The third-order valence-corrected chi connectivity index (χ3v) is 21.7. The van der Waals surface area contributed by atoms with Gasteiger partial charge in [0, 0.05) is 25.2 Å². The molecule has 68 heavy (non-hydrogen) atoms.